The van der Waals surface area contributed by atoms with Crippen LogP contribution in [0.25, 0.3) is 0 Å². The molecule has 1 aliphatic rings. The van der Waals surface area contributed by atoms with Gasteiger partial charge in [-0.3, -0.25) is 4.90 Å². The van der Waals surface area contributed by atoms with E-state index in [1.807, 2.05) is 13.0 Å². The van der Waals surface area contributed by atoms with Crippen molar-refractivity contribution in [1.82, 2.24) is 19.4 Å². The predicted molar refractivity (Wildman–Crippen MR) is 90.8 cm³/mol. The molecule has 0 saturated carbocycles. The molecule has 3 rings (SSSR count). The van der Waals surface area contributed by atoms with Crippen LogP contribution in [0.3, 0.4) is 0 Å². The number of hydrogen-bond donors (Lipinski definition) is 0. The molecule has 2 aromatic rings. The summed E-state index contributed by atoms with van der Waals surface area (Å²) in [5.41, 5.74) is 0.879. The van der Waals surface area contributed by atoms with Crippen molar-refractivity contribution < 1.29 is 17.6 Å². The number of methoxy groups -OCH3 is 1. The minimum Gasteiger partial charge on any atom is -0.495 e. The third kappa shape index (κ3) is 3.83. The largest absolute Gasteiger partial charge is 0.495 e. The lowest BCUT2D eigenvalue weighted by Gasteiger charge is -2.33. The first kappa shape index (κ1) is 17.8. The lowest BCUT2D eigenvalue weighted by atomic mass is 10.2. The minimum absolute atomic E-state index is 0.218. The van der Waals surface area contributed by atoms with Crippen LogP contribution < -0.4 is 4.74 Å². The van der Waals surface area contributed by atoms with Crippen LogP contribution in [0.5, 0.6) is 5.75 Å². The standard InChI is InChI=1S/C16H22N4O4S/c1-12-4-5-14(23-3)15(10-12)25(21,22)20-8-6-19(7-9-20)11-16-18-17-13(2)24-16/h4-5,10H,6-9,11H2,1-3H3. The molecular weight excluding hydrogens is 344 g/mol. The van der Waals surface area contributed by atoms with Crippen LogP contribution in [0.2, 0.25) is 0 Å². The first-order valence-electron chi connectivity index (χ1n) is 8.06. The molecule has 1 saturated heterocycles. The van der Waals surface area contributed by atoms with Crippen LogP contribution in [0.4, 0.5) is 0 Å². The minimum atomic E-state index is -3.59. The van der Waals surface area contributed by atoms with Crippen molar-refractivity contribution in [3.8, 4) is 5.75 Å². The van der Waals surface area contributed by atoms with E-state index in [1.54, 1.807) is 19.1 Å². The van der Waals surface area contributed by atoms with E-state index in [0.717, 1.165) is 5.56 Å². The van der Waals surface area contributed by atoms with Crippen molar-refractivity contribution in [1.29, 1.82) is 0 Å². The number of ether oxygens (including phenoxy) is 1. The van der Waals surface area contributed by atoms with Crippen molar-refractivity contribution in [2.45, 2.75) is 25.3 Å². The molecule has 0 N–H and O–H groups in total. The molecular formula is C16H22N4O4S. The fourth-order valence-electron chi connectivity index (χ4n) is 2.85. The highest BCUT2D eigenvalue weighted by atomic mass is 32.2. The van der Waals surface area contributed by atoms with Crippen molar-refractivity contribution in [3.63, 3.8) is 0 Å². The first-order valence-corrected chi connectivity index (χ1v) is 9.50. The van der Waals surface area contributed by atoms with Gasteiger partial charge in [-0.05, 0) is 24.6 Å². The van der Waals surface area contributed by atoms with Crippen LogP contribution in [-0.4, -0.2) is 61.1 Å². The lowest BCUT2D eigenvalue weighted by Crippen LogP contribution is -2.48. The highest BCUT2D eigenvalue weighted by molar-refractivity contribution is 7.89. The molecule has 1 aliphatic heterocycles. The van der Waals surface area contributed by atoms with Gasteiger partial charge in [0.15, 0.2) is 0 Å². The van der Waals surface area contributed by atoms with E-state index in [0.29, 0.717) is 50.3 Å². The molecule has 0 unspecified atom stereocenters. The van der Waals surface area contributed by atoms with Gasteiger partial charge in [-0.1, -0.05) is 6.07 Å². The maximum Gasteiger partial charge on any atom is 0.246 e. The van der Waals surface area contributed by atoms with Gasteiger partial charge in [-0.25, -0.2) is 8.42 Å². The SMILES string of the molecule is COc1ccc(C)cc1S(=O)(=O)N1CCN(Cc2nnc(C)o2)CC1. The second-order valence-electron chi connectivity index (χ2n) is 6.05. The Labute approximate surface area is 147 Å². The number of nitrogens with zero attached hydrogens (tertiary/aromatic N) is 4. The molecule has 0 amide bonds. The normalized spacial score (nSPS) is 16.9. The van der Waals surface area contributed by atoms with Crippen LogP contribution in [0.1, 0.15) is 17.3 Å². The second kappa shape index (κ2) is 7.11. The molecule has 136 valence electrons. The van der Waals surface area contributed by atoms with Gasteiger partial charge in [-0.2, -0.15) is 4.31 Å². The van der Waals surface area contributed by atoms with Gasteiger partial charge in [-0.15, -0.1) is 10.2 Å². The molecule has 0 radical (unpaired) electrons. The molecule has 0 spiro atoms. The van der Waals surface area contributed by atoms with E-state index in [4.69, 9.17) is 9.15 Å². The summed E-state index contributed by atoms with van der Waals surface area (Å²) in [5, 5.41) is 7.79. The Morgan fingerprint density at radius 1 is 1.16 bits per heavy atom. The average Bonchev–Trinajstić information content (AvgIpc) is 3.00. The van der Waals surface area contributed by atoms with Crippen molar-refractivity contribution >= 4 is 10.0 Å². The van der Waals surface area contributed by atoms with E-state index < -0.39 is 10.0 Å². The molecule has 8 nitrogen and oxygen atoms in total. The highest BCUT2D eigenvalue weighted by Gasteiger charge is 2.31. The Morgan fingerprint density at radius 3 is 2.48 bits per heavy atom. The molecule has 1 aromatic carbocycles. The fourth-order valence-corrected chi connectivity index (χ4v) is 4.51. The van der Waals surface area contributed by atoms with Gasteiger partial charge < -0.3 is 9.15 Å². The Kier molecular flexibility index (Phi) is 5.07. The highest BCUT2D eigenvalue weighted by Crippen LogP contribution is 2.28. The molecule has 25 heavy (non-hydrogen) atoms. The van der Waals surface area contributed by atoms with E-state index in [1.165, 1.54) is 11.4 Å². The van der Waals surface area contributed by atoms with E-state index in [-0.39, 0.29) is 4.90 Å². The van der Waals surface area contributed by atoms with Crippen LogP contribution in [0, 0.1) is 13.8 Å². The summed E-state index contributed by atoms with van der Waals surface area (Å²) < 4.78 is 38.1. The van der Waals surface area contributed by atoms with Crippen molar-refractivity contribution in [3.05, 3.63) is 35.5 Å². The maximum atomic E-state index is 13.0. The lowest BCUT2D eigenvalue weighted by molar-refractivity contribution is 0.167. The Balaban J connectivity index is 1.70. The quantitative estimate of drug-likeness (QED) is 0.785. The number of aromatic nitrogens is 2. The summed E-state index contributed by atoms with van der Waals surface area (Å²) in [6.07, 6.45) is 0. The maximum absolute atomic E-state index is 13.0. The third-order valence-electron chi connectivity index (χ3n) is 4.19. The number of aryl methyl sites for hydroxylation is 2. The number of sulfonamides is 1. The molecule has 1 aromatic heterocycles. The monoisotopic (exact) mass is 366 g/mol. The van der Waals surface area contributed by atoms with Gasteiger partial charge in [0.25, 0.3) is 0 Å². The second-order valence-corrected chi connectivity index (χ2v) is 7.96. The first-order chi connectivity index (χ1) is 11.9. The summed E-state index contributed by atoms with van der Waals surface area (Å²) in [6.45, 7) is 6.17. The topological polar surface area (TPSA) is 88.8 Å². The molecule has 0 aliphatic carbocycles. The number of piperazine rings is 1. The summed E-state index contributed by atoms with van der Waals surface area (Å²) in [4.78, 5) is 2.32. The Morgan fingerprint density at radius 2 is 1.88 bits per heavy atom. The van der Waals surface area contributed by atoms with Crippen molar-refractivity contribution in [2.75, 3.05) is 33.3 Å². The van der Waals surface area contributed by atoms with Gasteiger partial charge in [0.05, 0.1) is 13.7 Å². The zero-order valence-corrected chi connectivity index (χ0v) is 15.4. The number of hydrogen-bond acceptors (Lipinski definition) is 7. The van der Waals surface area contributed by atoms with Gasteiger partial charge in [0.1, 0.15) is 10.6 Å². The Hall–Kier alpha value is -1.97. The van der Waals surface area contributed by atoms with Gasteiger partial charge in [0.2, 0.25) is 21.8 Å². The summed E-state index contributed by atoms with van der Waals surface area (Å²) in [7, 11) is -2.11. The molecule has 0 bridgehead atoms. The third-order valence-corrected chi connectivity index (χ3v) is 6.11. The molecule has 9 heteroatoms. The summed E-state index contributed by atoms with van der Waals surface area (Å²) >= 11 is 0. The number of benzene rings is 1. The van der Waals surface area contributed by atoms with Crippen LogP contribution in [-0.2, 0) is 16.6 Å². The zero-order valence-electron chi connectivity index (χ0n) is 14.6. The summed E-state index contributed by atoms with van der Waals surface area (Å²) in [5.74, 6) is 1.45. The average molecular weight is 366 g/mol. The molecule has 2 heterocycles. The van der Waals surface area contributed by atoms with E-state index in [2.05, 4.69) is 15.1 Å². The molecule has 0 atom stereocenters. The predicted octanol–water partition coefficient (Wildman–Crippen LogP) is 1.20. The Bertz CT molecular complexity index is 842. The van der Waals surface area contributed by atoms with Gasteiger partial charge >= 0.3 is 0 Å². The zero-order chi connectivity index (χ0) is 18.0. The fraction of sp³-hybridized carbons (Fsp3) is 0.500. The smallest absolute Gasteiger partial charge is 0.246 e. The van der Waals surface area contributed by atoms with Crippen molar-refractivity contribution in [2.24, 2.45) is 0 Å². The van der Waals surface area contributed by atoms with E-state index >= 15 is 0 Å². The molecule has 1 fully saturated rings. The number of rotatable bonds is 5. The van der Waals surface area contributed by atoms with E-state index in [9.17, 15) is 8.42 Å². The summed E-state index contributed by atoms with van der Waals surface area (Å²) in [6, 6.07) is 5.18. The van der Waals surface area contributed by atoms with Gasteiger partial charge in [0, 0.05) is 33.1 Å². The van der Waals surface area contributed by atoms with Crippen LogP contribution in [0.15, 0.2) is 27.5 Å². The van der Waals surface area contributed by atoms with Crippen LogP contribution >= 0.6 is 0 Å².